The maximum Gasteiger partial charge on any atom is 0.356 e. The van der Waals surface area contributed by atoms with Gasteiger partial charge in [0.15, 0.2) is 11.5 Å². The third-order valence-corrected chi connectivity index (χ3v) is 2.10. The van der Waals surface area contributed by atoms with E-state index in [1.807, 2.05) is 0 Å². The molecule has 3 N–H and O–H groups in total. The smallest absolute Gasteiger partial charge is 0.356 e. The van der Waals surface area contributed by atoms with Crippen molar-refractivity contribution in [1.82, 2.24) is 4.98 Å². The molecule has 0 saturated carbocycles. The minimum atomic E-state index is -1.76. The van der Waals surface area contributed by atoms with Gasteiger partial charge in [-0.1, -0.05) is 11.6 Å². The number of aromatic nitrogens is 1. The van der Waals surface area contributed by atoms with E-state index >= 15 is 0 Å². The van der Waals surface area contributed by atoms with Gasteiger partial charge in [0.2, 0.25) is 0 Å². The zero-order valence-electron chi connectivity index (χ0n) is 7.59. The molecule has 0 bridgehead atoms. The summed E-state index contributed by atoms with van der Waals surface area (Å²) >= 11 is 5.44. The molecule has 1 aromatic rings. The van der Waals surface area contributed by atoms with Gasteiger partial charge in [-0.2, -0.15) is 0 Å². The Morgan fingerprint density at radius 2 is 2.20 bits per heavy atom. The van der Waals surface area contributed by atoms with Crippen LogP contribution in [0.15, 0.2) is 0 Å². The zero-order chi connectivity index (χ0) is 11.7. The largest absolute Gasteiger partial charge is 0.476 e. The minimum Gasteiger partial charge on any atom is -0.476 e. The molecule has 1 rings (SSSR count). The Balaban J connectivity index is 3.52. The highest BCUT2D eigenvalue weighted by Crippen LogP contribution is 2.30. The van der Waals surface area contributed by atoms with Crippen LogP contribution in [-0.4, -0.2) is 16.1 Å². The van der Waals surface area contributed by atoms with Gasteiger partial charge in [0.05, 0.1) is 10.7 Å². The number of anilines is 1. The van der Waals surface area contributed by atoms with Crippen LogP contribution in [-0.2, 0) is 0 Å². The van der Waals surface area contributed by atoms with Crippen LogP contribution in [0.4, 0.5) is 14.5 Å². The summed E-state index contributed by atoms with van der Waals surface area (Å²) in [4.78, 5) is 13.9. The summed E-state index contributed by atoms with van der Waals surface area (Å²) in [7, 11) is 0. The van der Waals surface area contributed by atoms with Gasteiger partial charge in [0.1, 0.15) is 11.9 Å². The molecule has 7 heteroatoms. The number of alkyl halides is 1. The molecule has 4 nitrogen and oxygen atoms in total. The lowest BCUT2D eigenvalue weighted by Gasteiger charge is -2.09. The summed E-state index contributed by atoms with van der Waals surface area (Å²) < 4.78 is 26.1. The normalized spacial score (nSPS) is 12.5. The maximum absolute atomic E-state index is 13.3. The van der Waals surface area contributed by atoms with Crippen molar-refractivity contribution in [1.29, 1.82) is 0 Å². The summed E-state index contributed by atoms with van der Waals surface area (Å²) in [6.45, 7) is 1.02. The fourth-order valence-electron chi connectivity index (χ4n) is 0.986. The van der Waals surface area contributed by atoms with Crippen molar-refractivity contribution in [3.05, 3.63) is 22.2 Å². The molecule has 0 aliphatic heterocycles. The van der Waals surface area contributed by atoms with Gasteiger partial charge >= 0.3 is 5.97 Å². The average Bonchev–Trinajstić information content (AvgIpc) is 2.13. The molecule has 0 radical (unpaired) electrons. The van der Waals surface area contributed by atoms with E-state index in [0.717, 1.165) is 6.92 Å². The van der Waals surface area contributed by atoms with E-state index in [-0.39, 0.29) is 0 Å². The monoisotopic (exact) mass is 236 g/mol. The number of carboxylic acid groups (broad SMARTS) is 1. The molecule has 0 fully saturated rings. The second kappa shape index (κ2) is 3.98. The van der Waals surface area contributed by atoms with Gasteiger partial charge in [-0.25, -0.2) is 18.6 Å². The first-order valence-electron chi connectivity index (χ1n) is 3.88. The molecule has 1 unspecified atom stereocenters. The van der Waals surface area contributed by atoms with E-state index in [4.69, 9.17) is 22.4 Å². The number of nitrogens with zero attached hydrogens (tertiary/aromatic N) is 1. The van der Waals surface area contributed by atoms with Gasteiger partial charge < -0.3 is 10.8 Å². The van der Waals surface area contributed by atoms with Crippen molar-refractivity contribution in [3.63, 3.8) is 0 Å². The van der Waals surface area contributed by atoms with E-state index < -0.39 is 40.1 Å². The number of nitrogen functional groups attached to an aromatic ring is 1. The number of carboxylic acids is 1. The van der Waals surface area contributed by atoms with E-state index in [1.165, 1.54) is 0 Å². The van der Waals surface area contributed by atoms with Crippen molar-refractivity contribution >= 4 is 23.3 Å². The number of rotatable bonds is 2. The van der Waals surface area contributed by atoms with Gasteiger partial charge in [0, 0.05) is 0 Å². The van der Waals surface area contributed by atoms with Crippen LogP contribution in [0.3, 0.4) is 0 Å². The highest BCUT2D eigenvalue weighted by atomic mass is 35.5. The average molecular weight is 237 g/mol. The Morgan fingerprint density at radius 3 is 2.60 bits per heavy atom. The third-order valence-electron chi connectivity index (χ3n) is 1.72. The molecule has 0 amide bonds. The van der Waals surface area contributed by atoms with E-state index in [0.29, 0.717) is 0 Å². The Kier molecular flexibility index (Phi) is 3.09. The van der Waals surface area contributed by atoms with E-state index in [9.17, 15) is 13.6 Å². The lowest BCUT2D eigenvalue weighted by atomic mass is 10.2. The van der Waals surface area contributed by atoms with E-state index in [1.54, 1.807) is 0 Å². The van der Waals surface area contributed by atoms with Crippen LogP contribution in [0.5, 0.6) is 0 Å². The SMILES string of the molecule is CC(F)c1nc(C(=O)O)c(Cl)c(N)c1F. The van der Waals surface area contributed by atoms with Crippen molar-refractivity contribution in [2.75, 3.05) is 5.73 Å². The molecule has 1 aromatic heterocycles. The topological polar surface area (TPSA) is 76.2 Å². The molecule has 0 saturated heterocycles. The molecule has 0 aromatic carbocycles. The third kappa shape index (κ3) is 1.99. The minimum absolute atomic E-state index is 0.524. The Bertz CT molecular complexity index is 424. The van der Waals surface area contributed by atoms with Gasteiger partial charge in [-0.05, 0) is 6.92 Å². The van der Waals surface area contributed by atoms with Crippen molar-refractivity contribution in [3.8, 4) is 0 Å². The number of halogens is 3. The van der Waals surface area contributed by atoms with Crippen molar-refractivity contribution < 1.29 is 18.7 Å². The highest BCUT2D eigenvalue weighted by molar-refractivity contribution is 6.35. The van der Waals surface area contributed by atoms with Crippen LogP contribution in [0.1, 0.15) is 29.3 Å². The van der Waals surface area contributed by atoms with Crippen LogP contribution in [0, 0.1) is 5.82 Å². The van der Waals surface area contributed by atoms with Crippen LogP contribution in [0.25, 0.3) is 0 Å². The molecule has 82 valence electrons. The molecule has 0 spiro atoms. The molecule has 0 aliphatic carbocycles. The first kappa shape index (κ1) is 11.6. The Hall–Kier alpha value is -1.43. The first-order valence-corrected chi connectivity index (χ1v) is 4.25. The van der Waals surface area contributed by atoms with Crippen LogP contribution >= 0.6 is 11.6 Å². The number of pyridine rings is 1. The van der Waals surface area contributed by atoms with Gasteiger partial charge in [-0.15, -0.1) is 0 Å². The molecule has 15 heavy (non-hydrogen) atoms. The lowest BCUT2D eigenvalue weighted by molar-refractivity contribution is 0.0690. The number of hydrogen-bond donors (Lipinski definition) is 2. The molecular weight excluding hydrogens is 230 g/mol. The van der Waals surface area contributed by atoms with Gasteiger partial charge in [-0.3, -0.25) is 0 Å². The maximum atomic E-state index is 13.3. The standard InChI is InChI=1S/C8H7ClF2N2O2/c1-2(10)6-4(11)5(12)3(9)7(13-6)8(14)15/h2H,1H3,(H2,12,13)(H,14,15). The zero-order valence-corrected chi connectivity index (χ0v) is 8.35. The fraction of sp³-hybridized carbons (Fsp3) is 0.250. The number of hydrogen-bond acceptors (Lipinski definition) is 3. The van der Waals surface area contributed by atoms with E-state index in [2.05, 4.69) is 4.98 Å². The fourth-order valence-corrected chi connectivity index (χ4v) is 1.19. The molecule has 1 atom stereocenters. The quantitative estimate of drug-likeness (QED) is 0.825. The number of nitrogens with two attached hydrogens (primary N) is 1. The van der Waals surface area contributed by atoms with Crippen molar-refractivity contribution in [2.24, 2.45) is 0 Å². The first-order chi connectivity index (χ1) is 6.86. The van der Waals surface area contributed by atoms with Crippen LogP contribution in [0.2, 0.25) is 5.02 Å². The summed E-state index contributed by atoms with van der Waals surface area (Å²) in [5, 5.41) is 8.12. The molecule has 0 aliphatic rings. The van der Waals surface area contributed by atoms with Gasteiger partial charge in [0.25, 0.3) is 0 Å². The summed E-state index contributed by atoms with van der Waals surface area (Å²) in [6, 6.07) is 0. The number of aromatic carboxylic acids is 1. The van der Waals surface area contributed by atoms with Crippen LogP contribution < -0.4 is 5.73 Å². The predicted molar refractivity (Wildman–Crippen MR) is 50.1 cm³/mol. The summed E-state index contributed by atoms with van der Waals surface area (Å²) in [5.41, 5.74) is 3.26. The second-order valence-electron chi connectivity index (χ2n) is 2.81. The highest BCUT2D eigenvalue weighted by Gasteiger charge is 2.23. The molecule has 1 heterocycles. The van der Waals surface area contributed by atoms with Crippen molar-refractivity contribution in [2.45, 2.75) is 13.1 Å². The number of carbonyl (C=O) groups is 1. The summed E-state index contributed by atoms with van der Waals surface area (Å²) in [6.07, 6.45) is -1.76. The molecular formula is C8H7ClF2N2O2. The second-order valence-corrected chi connectivity index (χ2v) is 3.19. The Labute approximate surface area is 88.7 Å². The lowest BCUT2D eigenvalue weighted by Crippen LogP contribution is -2.10. The summed E-state index contributed by atoms with van der Waals surface area (Å²) in [5.74, 6) is -2.62. The predicted octanol–water partition coefficient (Wildman–Crippen LogP) is 2.19. The Morgan fingerprint density at radius 1 is 1.67 bits per heavy atom.